The minimum Gasteiger partial charge on any atom is -0.496 e. The fourth-order valence-corrected chi connectivity index (χ4v) is 3.93. The molecule has 25 heavy (non-hydrogen) atoms. The summed E-state index contributed by atoms with van der Waals surface area (Å²) in [5.74, 6) is 2.84. The molecule has 1 aromatic heterocycles. The van der Waals surface area contributed by atoms with E-state index in [0.717, 1.165) is 53.3 Å². The summed E-state index contributed by atoms with van der Waals surface area (Å²) >= 11 is 3.49. The van der Waals surface area contributed by atoms with Gasteiger partial charge in [0, 0.05) is 37.5 Å². The highest BCUT2D eigenvalue weighted by atomic mass is 32.2. The quantitative estimate of drug-likeness (QED) is 0.303. The number of rotatable bonds is 9. The molecule has 7 heteroatoms. The molecule has 5 nitrogen and oxygen atoms in total. The lowest BCUT2D eigenvalue weighted by atomic mass is 10.1. The van der Waals surface area contributed by atoms with Crippen molar-refractivity contribution in [3.63, 3.8) is 0 Å². The normalized spacial score (nSPS) is 11.4. The minimum absolute atomic E-state index is 0.833. The SMILES string of the molecule is CN=C(NCCCSc1nccs1)NCCc1ccc(C)c(OC)c1. The molecule has 0 aliphatic carbocycles. The molecule has 0 amide bonds. The van der Waals surface area contributed by atoms with Gasteiger partial charge in [0.1, 0.15) is 10.1 Å². The summed E-state index contributed by atoms with van der Waals surface area (Å²) < 4.78 is 6.51. The Kier molecular flexibility index (Phi) is 8.62. The summed E-state index contributed by atoms with van der Waals surface area (Å²) in [6.07, 6.45) is 3.85. The molecule has 2 N–H and O–H groups in total. The molecule has 0 radical (unpaired) electrons. The van der Waals surface area contributed by atoms with E-state index in [1.54, 1.807) is 37.3 Å². The molecule has 0 aliphatic heterocycles. The number of aliphatic imine (C=N–C) groups is 1. The predicted molar refractivity (Wildman–Crippen MR) is 108 cm³/mol. The molecule has 0 fully saturated rings. The Labute approximate surface area is 158 Å². The van der Waals surface area contributed by atoms with Gasteiger partial charge in [-0.3, -0.25) is 4.99 Å². The van der Waals surface area contributed by atoms with Crippen LogP contribution in [0, 0.1) is 6.92 Å². The van der Waals surface area contributed by atoms with Gasteiger partial charge in [-0.2, -0.15) is 0 Å². The molecule has 0 spiro atoms. The Bertz CT molecular complexity index is 659. The van der Waals surface area contributed by atoms with E-state index in [1.807, 2.05) is 11.6 Å². The zero-order valence-electron chi connectivity index (χ0n) is 15.0. The Morgan fingerprint density at radius 2 is 2.16 bits per heavy atom. The van der Waals surface area contributed by atoms with Gasteiger partial charge in [-0.15, -0.1) is 11.3 Å². The van der Waals surface area contributed by atoms with E-state index in [4.69, 9.17) is 4.74 Å². The zero-order chi connectivity index (χ0) is 17.9. The fourth-order valence-electron chi connectivity index (χ4n) is 2.29. The van der Waals surface area contributed by atoms with Crippen LogP contribution in [0.2, 0.25) is 0 Å². The summed E-state index contributed by atoms with van der Waals surface area (Å²) in [5.41, 5.74) is 2.41. The van der Waals surface area contributed by atoms with Crippen LogP contribution in [0.25, 0.3) is 0 Å². The number of thiazole rings is 1. The molecule has 0 atom stereocenters. The fraction of sp³-hybridized carbons (Fsp3) is 0.444. The van der Waals surface area contributed by atoms with Crippen LogP contribution in [-0.2, 0) is 6.42 Å². The van der Waals surface area contributed by atoms with Crippen LogP contribution >= 0.6 is 23.1 Å². The Morgan fingerprint density at radius 3 is 2.88 bits per heavy atom. The van der Waals surface area contributed by atoms with Gasteiger partial charge in [-0.1, -0.05) is 23.9 Å². The highest BCUT2D eigenvalue weighted by Gasteiger charge is 2.02. The van der Waals surface area contributed by atoms with E-state index in [-0.39, 0.29) is 0 Å². The number of aryl methyl sites for hydroxylation is 1. The lowest BCUT2D eigenvalue weighted by molar-refractivity contribution is 0.411. The van der Waals surface area contributed by atoms with E-state index in [2.05, 4.69) is 45.7 Å². The monoisotopic (exact) mass is 378 g/mol. The van der Waals surface area contributed by atoms with Gasteiger partial charge in [0.25, 0.3) is 0 Å². The van der Waals surface area contributed by atoms with Gasteiger partial charge in [0.05, 0.1) is 7.11 Å². The molecule has 0 saturated heterocycles. The first-order valence-corrected chi connectivity index (χ1v) is 10.2. The van der Waals surface area contributed by atoms with E-state index >= 15 is 0 Å². The molecule has 136 valence electrons. The summed E-state index contributed by atoms with van der Waals surface area (Å²) in [6, 6.07) is 6.34. The van der Waals surface area contributed by atoms with Crippen molar-refractivity contribution < 1.29 is 4.74 Å². The van der Waals surface area contributed by atoms with Gasteiger partial charge in [0.15, 0.2) is 5.96 Å². The van der Waals surface area contributed by atoms with Crippen molar-refractivity contribution in [2.45, 2.75) is 24.1 Å². The number of methoxy groups -OCH3 is 1. The van der Waals surface area contributed by atoms with E-state index in [1.165, 1.54) is 5.56 Å². The van der Waals surface area contributed by atoms with E-state index in [9.17, 15) is 0 Å². The molecule has 0 unspecified atom stereocenters. The number of aromatic nitrogens is 1. The van der Waals surface area contributed by atoms with Crippen LogP contribution in [0.1, 0.15) is 17.5 Å². The van der Waals surface area contributed by atoms with Gasteiger partial charge >= 0.3 is 0 Å². The third-order valence-electron chi connectivity index (χ3n) is 3.65. The number of nitrogens with one attached hydrogen (secondary N) is 2. The summed E-state index contributed by atoms with van der Waals surface area (Å²) in [6.45, 7) is 3.79. The third kappa shape index (κ3) is 6.96. The molecule has 2 aromatic rings. The Balaban J connectivity index is 1.63. The second-order valence-electron chi connectivity index (χ2n) is 5.48. The first-order chi connectivity index (χ1) is 12.2. The molecule has 2 rings (SSSR count). The van der Waals surface area contributed by atoms with Gasteiger partial charge < -0.3 is 15.4 Å². The Hall–Kier alpha value is -1.73. The lowest BCUT2D eigenvalue weighted by Gasteiger charge is -2.12. The lowest BCUT2D eigenvalue weighted by Crippen LogP contribution is -2.38. The predicted octanol–water partition coefficient (Wildman–Crippen LogP) is 3.35. The number of guanidine groups is 1. The summed E-state index contributed by atoms with van der Waals surface area (Å²) in [5, 5.41) is 8.72. The number of hydrogen-bond donors (Lipinski definition) is 2. The second kappa shape index (κ2) is 11.0. The number of ether oxygens (including phenoxy) is 1. The highest BCUT2D eigenvalue weighted by molar-refractivity contribution is 8.00. The topological polar surface area (TPSA) is 58.5 Å². The molecule has 1 heterocycles. The van der Waals surface area contributed by atoms with Gasteiger partial charge in [-0.05, 0) is 37.0 Å². The largest absolute Gasteiger partial charge is 0.496 e. The molecular weight excluding hydrogens is 352 g/mol. The first-order valence-electron chi connectivity index (χ1n) is 8.33. The van der Waals surface area contributed by atoms with Gasteiger partial charge in [0.2, 0.25) is 0 Å². The molecule has 0 aliphatic rings. The van der Waals surface area contributed by atoms with Crippen LogP contribution in [0.4, 0.5) is 0 Å². The summed E-state index contributed by atoms with van der Waals surface area (Å²) in [7, 11) is 3.51. The van der Waals surface area contributed by atoms with Crippen molar-refractivity contribution in [1.82, 2.24) is 15.6 Å². The second-order valence-corrected chi connectivity index (χ2v) is 7.72. The number of thioether (sulfide) groups is 1. The smallest absolute Gasteiger partial charge is 0.190 e. The van der Waals surface area contributed by atoms with Crippen molar-refractivity contribution >= 4 is 29.1 Å². The molecular formula is C18H26N4OS2. The molecule has 0 saturated carbocycles. The Morgan fingerprint density at radius 1 is 1.32 bits per heavy atom. The number of hydrogen-bond acceptors (Lipinski definition) is 5. The zero-order valence-corrected chi connectivity index (χ0v) is 16.7. The van der Waals surface area contributed by atoms with Crippen LogP contribution in [-0.4, -0.2) is 43.9 Å². The summed E-state index contributed by atoms with van der Waals surface area (Å²) in [4.78, 5) is 8.54. The van der Waals surface area contributed by atoms with Crippen molar-refractivity contribution in [1.29, 1.82) is 0 Å². The maximum absolute atomic E-state index is 5.37. The van der Waals surface area contributed by atoms with Crippen molar-refractivity contribution in [2.24, 2.45) is 4.99 Å². The average molecular weight is 379 g/mol. The average Bonchev–Trinajstić information content (AvgIpc) is 3.14. The maximum atomic E-state index is 5.37. The number of benzene rings is 1. The van der Waals surface area contributed by atoms with Gasteiger partial charge in [-0.25, -0.2) is 4.98 Å². The molecule has 1 aromatic carbocycles. The number of nitrogens with zero attached hydrogens (tertiary/aromatic N) is 2. The third-order valence-corrected chi connectivity index (χ3v) is 5.70. The van der Waals surface area contributed by atoms with Crippen LogP contribution in [0.5, 0.6) is 5.75 Å². The van der Waals surface area contributed by atoms with Crippen LogP contribution in [0.15, 0.2) is 39.1 Å². The van der Waals surface area contributed by atoms with Crippen molar-refractivity contribution in [3.8, 4) is 5.75 Å². The van der Waals surface area contributed by atoms with Crippen LogP contribution < -0.4 is 15.4 Å². The van der Waals surface area contributed by atoms with Crippen LogP contribution in [0.3, 0.4) is 0 Å². The van der Waals surface area contributed by atoms with E-state index in [0.29, 0.717) is 0 Å². The van der Waals surface area contributed by atoms with Crippen molar-refractivity contribution in [2.75, 3.05) is 33.0 Å². The maximum Gasteiger partial charge on any atom is 0.190 e. The van der Waals surface area contributed by atoms with Crippen molar-refractivity contribution in [3.05, 3.63) is 40.9 Å². The standard InChI is InChI=1S/C18H26N4OS2/c1-14-5-6-15(13-16(14)23-3)7-9-21-17(19-2)20-8-4-11-24-18-22-10-12-25-18/h5-6,10,12-13H,4,7-9,11H2,1-3H3,(H2,19,20,21). The first kappa shape index (κ1) is 19.6. The molecule has 0 bridgehead atoms. The van der Waals surface area contributed by atoms with E-state index < -0.39 is 0 Å². The highest BCUT2D eigenvalue weighted by Crippen LogP contribution is 2.20. The minimum atomic E-state index is 0.833.